The summed E-state index contributed by atoms with van der Waals surface area (Å²) in [5, 5.41) is 9.88. The third-order valence-electron chi connectivity index (χ3n) is 3.31. The molecule has 0 saturated heterocycles. The van der Waals surface area contributed by atoms with Gasteiger partial charge < -0.3 is 14.9 Å². The van der Waals surface area contributed by atoms with Gasteiger partial charge in [0.1, 0.15) is 5.75 Å². The first kappa shape index (κ1) is 13.6. The van der Waals surface area contributed by atoms with E-state index in [1.54, 1.807) is 6.92 Å². The summed E-state index contributed by atoms with van der Waals surface area (Å²) in [6.07, 6.45) is 0. The standard InChI is InChI=1S/C16H17N3O2/c1-10(17)13-8-7-12-5-3-4-6-14(12)16(13)20-9-15-19-18-11(2)21-15/h3-8,10H,9,17H2,1-2H3/t10-/m1/s1. The highest BCUT2D eigenvalue weighted by molar-refractivity contribution is 5.89. The molecular formula is C16H17N3O2. The van der Waals surface area contributed by atoms with Gasteiger partial charge in [0.2, 0.25) is 5.89 Å². The minimum Gasteiger partial charge on any atom is -0.483 e. The van der Waals surface area contributed by atoms with Gasteiger partial charge >= 0.3 is 0 Å². The van der Waals surface area contributed by atoms with Crippen molar-refractivity contribution >= 4 is 10.8 Å². The minimum atomic E-state index is -0.117. The lowest BCUT2D eigenvalue weighted by atomic mass is 10.0. The van der Waals surface area contributed by atoms with Crippen LogP contribution >= 0.6 is 0 Å². The fourth-order valence-corrected chi connectivity index (χ4v) is 2.31. The Labute approximate surface area is 122 Å². The molecule has 5 heteroatoms. The van der Waals surface area contributed by atoms with E-state index in [2.05, 4.69) is 16.3 Å². The van der Waals surface area contributed by atoms with Crippen LogP contribution in [0.4, 0.5) is 0 Å². The molecule has 0 spiro atoms. The van der Waals surface area contributed by atoms with Crippen molar-refractivity contribution in [3.8, 4) is 5.75 Å². The van der Waals surface area contributed by atoms with Gasteiger partial charge in [-0.2, -0.15) is 0 Å². The maximum atomic E-state index is 6.05. The predicted octanol–water partition coefficient (Wildman–Crippen LogP) is 3.13. The normalized spacial score (nSPS) is 12.5. The monoisotopic (exact) mass is 283 g/mol. The molecule has 3 rings (SSSR count). The molecule has 5 nitrogen and oxygen atoms in total. The zero-order chi connectivity index (χ0) is 14.8. The number of nitrogens with zero attached hydrogens (tertiary/aromatic N) is 2. The van der Waals surface area contributed by atoms with Gasteiger partial charge in [0, 0.05) is 23.9 Å². The summed E-state index contributed by atoms with van der Waals surface area (Å²) >= 11 is 0. The lowest BCUT2D eigenvalue weighted by Crippen LogP contribution is -2.08. The molecule has 1 heterocycles. The molecule has 0 fully saturated rings. The maximum absolute atomic E-state index is 6.05. The Morgan fingerprint density at radius 1 is 1.19 bits per heavy atom. The van der Waals surface area contributed by atoms with E-state index in [9.17, 15) is 0 Å². The number of hydrogen-bond donors (Lipinski definition) is 1. The van der Waals surface area contributed by atoms with E-state index in [0.717, 1.165) is 22.1 Å². The first-order valence-electron chi connectivity index (χ1n) is 6.84. The van der Waals surface area contributed by atoms with Crippen molar-refractivity contribution in [1.29, 1.82) is 0 Å². The van der Waals surface area contributed by atoms with E-state index in [-0.39, 0.29) is 12.6 Å². The summed E-state index contributed by atoms with van der Waals surface area (Å²) in [6.45, 7) is 3.92. The SMILES string of the molecule is Cc1nnc(COc2c([C@@H](C)N)ccc3ccccc23)o1. The molecule has 1 aromatic heterocycles. The Morgan fingerprint density at radius 2 is 2.00 bits per heavy atom. The summed E-state index contributed by atoms with van der Waals surface area (Å²) in [6, 6.07) is 12.0. The molecule has 2 N–H and O–H groups in total. The smallest absolute Gasteiger partial charge is 0.253 e. The van der Waals surface area contributed by atoms with Crippen molar-refractivity contribution in [2.75, 3.05) is 0 Å². The summed E-state index contributed by atoms with van der Waals surface area (Å²) in [5.41, 5.74) is 7.01. The van der Waals surface area contributed by atoms with Gasteiger partial charge in [0.15, 0.2) is 6.61 Å². The Kier molecular flexibility index (Phi) is 3.58. The summed E-state index contributed by atoms with van der Waals surface area (Å²) < 4.78 is 11.3. The molecule has 0 bridgehead atoms. The van der Waals surface area contributed by atoms with Crippen LogP contribution in [-0.4, -0.2) is 10.2 Å². The first-order valence-corrected chi connectivity index (χ1v) is 6.84. The number of fused-ring (bicyclic) bond motifs is 1. The van der Waals surface area contributed by atoms with Gasteiger partial charge in [0.05, 0.1) is 0 Å². The van der Waals surface area contributed by atoms with Gasteiger partial charge in [-0.25, -0.2) is 0 Å². The van der Waals surface area contributed by atoms with Crippen LogP contribution in [0.15, 0.2) is 40.8 Å². The topological polar surface area (TPSA) is 74.2 Å². The van der Waals surface area contributed by atoms with E-state index in [4.69, 9.17) is 14.9 Å². The van der Waals surface area contributed by atoms with Gasteiger partial charge in [-0.15, -0.1) is 10.2 Å². The van der Waals surface area contributed by atoms with Crippen LogP contribution in [0.25, 0.3) is 10.8 Å². The van der Waals surface area contributed by atoms with Crippen LogP contribution in [0.1, 0.15) is 30.3 Å². The highest BCUT2D eigenvalue weighted by Gasteiger charge is 2.13. The second-order valence-electron chi connectivity index (χ2n) is 5.00. The van der Waals surface area contributed by atoms with Crippen molar-refractivity contribution in [3.63, 3.8) is 0 Å². The van der Waals surface area contributed by atoms with E-state index in [0.29, 0.717) is 11.8 Å². The molecular weight excluding hydrogens is 266 g/mol. The Morgan fingerprint density at radius 3 is 2.71 bits per heavy atom. The van der Waals surface area contributed by atoms with E-state index >= 15 is 0 Å². The highest BCUT2D eigenvalue weighted by atomic mass is 16.5. The van der Waals surface area contributed by atoms with E-state index in [1.807, 2.05) is 37.3 Å². The van der Waals surface area contributed by atoms with Crippen LogP contribution in [0.2, 0.25) is 0 Å². The van der Waals surface area contributed by atoms with Crippen molar-refractivity contribution in [1.82, 2.24) is 10.2 Å². The third kappa shape index (κ3) is 2.73. The second kappa shape index (κ2) is 5.54. The molecule has 108 valence electrons. The molecule has 0 saturated carbocycles. The molecule has 0 radical (unpaired) electrons. The number of aryl methyl sites for hydroxylation is 1. The fraction of sp³-hybridized carbons (Fsp3) is 0.250. The Balaban J connectivity index is 1.99. The molecule has 21 heavy (non-hydrogen) atoms. The summed E-state index contributed by atoms with van der Waals surface area (Å²) in [5.74, 6) is 1.76. The van der Waals surface area contributed by atoms with Crippen molar-refractivity contribution in [3.05, 3.63) is 53.7 Å². The molecule has 0 unspecified atom stereocenters. The minimum absolute atomic E-state index is 0.117. The average molecular weight is 283 g/mol. The van der Waals surface area contributed by atoms with Crippen molar-refractivity contribution < 1.29 is 9.15 Å². The maximum Gasteiger partial charge on any atom is 0.253 e. The van der Waals surface area contributed by atoms with Gasteiger partial charge in [0.25, 0.3) is 5.89 Å². The van der Waals surface area contributed by atoms with Crippen LogP contribution in [-0.2, 0) is 6.61 Å². The predicted molar refractivity (Wildman–Crippen MR) is 79.9 cm³/mol. The zero-order valence-electron chi connectivity index (χ0n) is 12.0. The average Bonchev–Trinajstić information content (AvgIpc) is 2.90. The van der Waals surface area contributed by atoms with Crippen molar-refractivity contribution in [2.24, 2.45) is 5.73 Å². The summed E-state index contributed by atoms with van der Waals surface area (Å²) in [7, 11) is 0. The van der Waals surface area contributed by atoms with Gasteiger partial charge in [-0.1, -0.05) is 36.4 Å². The number of rotatable bonds is 4. The third-order valence-corrected chi connectivity index (χ3v) is 3.31. The fourth-order valence-electron chi connectivity index (χ4n) is 2.31. The Bertz CT molecular complexity index is 765. The highest BCUT2D eigenvalue weighted by Crippen LogP contribution is 2.33. The largest absolute Gasteiger partial charge is 0.483 e. The van der Waals surface area contributed by atoms with Crippen molar-refractivity contribution in [2.45, 2.75) is 26.5 Å². The zero-order valence-corrected chi connectivity index (χ0v) is 12.0. The van der Waals surface area contributed by atoms with Gasteiger partial charge in [-0.3, -0.25) is 0 Å². The van der Waals surface area contributed by atoms with Crippen LogP contribution in [0.5, 0.6) is 5.75 Å². The van der Waals surface area contributed by atoms with Crippen LogP contribution in [0, 0.1) is 6.92 Å². The molecule has 2 aromatic carbocycles. The van der Waals surface area contributed by atoms with E-state index < -0.39 is 0 Å². The lowest BCUT2D eigenvalue weighted by molar-refractivity contribution is 0.260. The molecule has 0 aliphatic heterocycles. The molecule has 1 atom stereocenters. The van der Waals surface area contributed by atoms with Gasteiger partial charge in [-0.05, 0) is 12.3 Å². The summed E-state index contributed by atoms with van der Waals surface area (Å²) in [4.78, 5) is 0. The lowest BCUT2D eigenvalue weighted by Gasteiger charge is -2.15. The molecule has 3 aromatic rings. The molecule has 0 aliphatic carbocycles. The second-order valence-corrected chi connectivity index (χ2v) is 5.00. The number of nitrogens with two attached hydrogens (primary N) is 1. The number of ether oxygens (including phenoxy) is 1. The quantitative estimate of drug-likeness (QED) is 0.796. The Hall–Kier alpha value is -2.40. The van der Waals surface area contributed by atoms with Crippen LogP contribution in [0.3, 0.4) is 0 Å². The van der Waals surface area contributed by atoms with E-state index in [1.165, 1.54) is 0 Å². The molecule has 0 aliphatic rings. The number of hydrogen-bond acceptors (Lipinski definition) is 5. The number of benzene rings is 2. The molecule has 0 amide bonds. The number of aromatic nitrogens is 2. The van der Waals surface area contributed by atoms with Crippen LogP contribution < -0.4 is 10.5 Å². The first-order chi connectivity index (χ1) is 10.1.